The number of halogens is 3. The Balaban J connectivity index is 3.31. The second-order valence-corrected chi connectivity index (χ2v) is 2.81. The van der Waals surface area contributed by atoms with Crippen molar-refractivity contribution in [3.63, 3.8) is 0 Å². The van der Waals surface area contributed by atoms with Crippen LogP contribution in [0.15, 0.2) is 12.1 Å². The Morgan fingerprint density at radius 2 is 2.00 bits per heavy atom. The fourth-order valence-electron chi connectivity index (χ4n) is 0.992. The molecule has 80 valence electrons. The molecule has 0 aliphatic heterocycles. The lowest BCUT2D eigenvalue weighted by Gasteiger charge is -2.10. The number of hydrogen-bond acceptors (Lipinski definition) is 3. The van der Waals surface area contributed by atoms with Gasteiger partial charge < -0.3 is 9.84 Å². The monoisotopic (exact) mass is 217 g/mol. The van der Waals surface area contributed by atoms with E-state index < -0.39 is 17.5 Å². The standard InChI is InChI=1S/C9H6F3NO2/c1-5-7(14)2-6(9(10,11)12)3-8(5)15-4-13/h2-3,14H,1H3. The normalized spacial score (nSPS) is 10.9. The van der Waals surface area contributed by atoms with Crippen molar-refractivity contribution in [2.45, 2.75) is 13.1 Å². The fraction of sp³-hybridized carbons (Fsp3) is 0.222. The lowest BCUT2D eigenvalue weighted by Crippen LogP contribution is -2.05. The van der Waals surface area contributed by atoms with E-state index in [4.69, 9.17) is 5.26 Å². The van der Waals surface area contributed by atoms with Gasteiger partial charge in [-0.05, 0) is 19.1 Å². The first-order valence-corrected chi connectivity index (χ1v) is 3.83. The van der Waals surface area contributed by atoms with E-state index in [0.29, 0.717) is 12.1 Å². The zero-order valence-electron chi connectivity index (χ0n) is 7.59. The van der Waals surface area contributed by atoms with Crippen LogP contribution in [0.2, 0.25) is 0 Å². The van der Waals surface area contributed by atoms with Crippen molar-refractivity contribution >= 4 is 0 Å². The van der Waals surface area contributed by atoms with Crippen LogP contribution in [-0.4, -0.2) is 5.11 Å². The highest BCUT2D eigenvalue weighted by molar-refractivity contribution is 5.47. The summed E-state index contributed by atoms with van der Waals surface area (Å²) in [6, 6.07) is 1.25. The van der Waals surface area contributed by atoms with Crippen molar-refractivity contribution in [1.82, 2.24) is 0 Å². The van der Waals surface area contributed by atoms with E-state index in [1.54, 1.807) is 0 Å². The lowest BCUT2D eigenvalue weighted by molar-refractivity contribution is -0.137. The summed E-state index contributed by atoms with van der Waals surface area (Å²) in [6.45, 7) is 1.35. The molecule has 0 aliphatic rings. The first-order chi connectivity index (χ1) is 6.86. The van der Waals surface area contributed by atoms with Crippen molar-refractivity contribution in [2.75, 3.05) is 0 Å². The maximum atomic E-state index is 12.3. The number of nitrogens with zero attached hydrogens (tertiary/aromatic N) is 1. The zero-order valence-corrected chi connectivity index (χ0v) is 7.59. The second kappa shape index (κ2) is 3.69. The maximum Gasteiger partial charge on any atom is 0.416 e. The predicted molar refractivity (Wildman–Crippen MR) is 44.1 cm³/mol. The Morgan fingerprint density at radius 3 is 2.47 bits per heavy atom. The average Bonchev–Trinajstić information content (AvgIpc) is 2.11. The maximum absolute atomic E-state index is 12.3. The highest BCUT2D eigenvalue weighted by Gasteiger charge is 2.32. The van der Waals surface area contributed by atoms with Crippen molar-refractivity contribution in [2.24, 2.45) is 0 Å². The van der Waals surface area contributed by atoms with Crippen LogP contribution in [-0.2, 0) is 6.18 Å². The third-order valence-electron chi connectivity index (χ3n) is 1.82. The van der Waals surface area contributed by atoms with Gasteiger partial charge >= 0.3 is 6.18 Å². The molecule has 1 rings (SSSR count). The molecule has 1 N–H and O–H groups in total. The number of nitriles is 1. The minimum atomic E-state index is -4.58. The largest absolute Gasteiger partial charge is 0.508 e. The van der Waals surface area contributed by atoms with E-state index in [-0.39, 0.29) is 11.3 Å². The van der Waals surface area contributed by atoms with Crippen LogP contribution in [0.4, 0.5) is 13.2 Å². The number of hydrogen-bond donors (Lipinski definition) is 1. The SMILES string of the molecule is Cc1c(O)cc(C(F)(F)F)cc1OC#N. The number of phenolic OH excluding ortho intramolecular Hbond substituents is 1. The summed E-state index contributed by atoms with van der Waals surface area (Å²) in [5.41, 5.74) is -0.972. The Kier molecular flexibility index (Phi) is 2.75. The summed E-state index contributed by atoms with van der Waals surface area (Å²) in [6.07, 6.45) is -3.33. The molecule has 0 aromatic heterocycles. The van der Waals surface area contributed by atoms with Crippen molar-refractivity contribution < 1.29 is 23.0 Å². The fourth-order valence-corrected chi connectivity index (χ4v) is 0.992. The number of rotatable bonds is 1. The van der Waals surface area contributed by atoms with Crippen molar-refractivity contribution in [3.8, 4) is 17.8 Å². The molecule has 1 aromatic carbocycles. The van der Waals surface area contributed by atoms with Gasteiger partial charge in [0.2, 0.25) is 0 Å². The predicted octanol–water partition coefficient (Wildman–Crippen LogP) is 2.58. The molecular formula is C9H6F3NO2. The minimum absolute atomic E-state index is 0.0875. The average molecular weight is 217 g/mol. The highest BCUT2D eigenvalue weighted by atomic mass is 19.4. The molecule has 0 atom stereocenters. The molecule has 0 heterocycles. The molecule has 1 aromatic rings. The van der Waals surface area contributed by atoms with Gasteiger partial charge in [-0.15, -0.1) is 5.26 Å². The molecule has 0 radical (unpaired) electrons. The van der Waals surface area contributed by atoms with Gasteiger partial charge in [0.25, 0.3) is 6.26 Å². The Labute approximate surface area is 83.3 Å². The van der Waals surface area contributed by atoms with Crippen LogP contribution < -0.4 is 4.74 Å². The Hall–Kier alpha value is -1.90. The van der Waals surface area contributed by atoms with Gasteiger partial charge in [-0.3, -0.25) is 0 Å². The smallest absolute Gasteiger partial charge is 0.416 e. The summed E-state index contributed by atoms with van der Waals surface area (Å²) in [5, 5.41) is 17.4. The summed E-state index contributed by atoms with van der Waals surface area (Å²) >= 11 is 0. The van der Waals surface area contributed by atoms with Crippen LogP contribution in [0, 0.1) is 18.4 Å². The van der Waals surface area contributed by atoms with Gasteiger partial charge in [0.15, 0.2) is 0 Å². The van der Waals surface area contributed by atoms with Gasteiger partial charge in [-0.1, -0.05) is 0 Å². The van der Waals surface area contributed by atoms with Gasteiger partial charge in [0, 0.05) is 5.56 Å². The molecule has 0 spiro atoms. The molecular weight excluding hydrogens is 211 g/mol. The van der Waals surface area contributed by atoms with Gasteiger partial charge in [-0.2, -0.15) is 13.2 Å². The molecule has 0 bridgehead atoms. The van der Waals surface area contributed by atoms with E-state index >= 15 is 0 Å². The zero-order chi connectivity index (χ0) is 11.6. The van der Waals surface area contributed by atoms with Gasteiger partial charge in [0.1, 0.15) is 11.5 Å². The topological polar surface area (TPSA) is 53.2 Å². The number of alkyl halides is 3. The minimum Gasteiger partial charge on any atom is -0.508 e. The van der Waals surface area contributed by atoms with Crippen LogP contribution in [0.1, 0.15) is 11.1 Å². The third-order valence-corrected chi connectivity index (χ3v) is 1.82. The second-order valence-electron chi connectivity index (χ2n) is 2.81. The summed E-state index contributed by atoms with van der Waals surface area (Å²) in [4.78, 5) is 0. The molecule has 0 fully saturated rings. The van der Waals surface area contributed by atoms with Crippen LogP contribution in [0.5, 0.6) is 11.5 Å². The first-order valence-electron chi connectivity index (χ1n) is 3.83. The summed E-state index contributed by atoms with van der Waals surface area (Å²) in [7, 11) is 0. The molecule has 0 saturated heterocycles. The quantitative estimate of drug-likeness (QED) is 0.735. The number of benzene rings is 1. The third kappa shape index (κ3) is 2.31. The first kappa shape index (κ1) is 11.2. The van der Waals surface area contributed by atoms with E-state index in [1.807, 2.05) is 0 Å². The van der Waals surface area contributed by atoms with E-state index in [1.165, 1.54) is 13.2 Å². The van der Waals surface area contributed by atoms with Gasteiger partial charge in [-0.25, -0.2) is 0 Å². The van der Waals surface area contributed by atoms with E-state index in [0.717, 1.165) is 0 Å². The summed E-state index contributed by atoms with van der Waals surface area (Å²) in [5.74, 6) is -0.861. The molecule has 3 nitrogen and oxygen atoms in total. The number of aromatic hydroxyl groups is 1. The molecule has 0 saturated carbocycles. The Morgan fingerprint density at radius 1 is 1.40 bits per heavy atom. The lowest BCUT2D eigenvalue weighted by atomic mass is 10.1. The molecule has 0 aliphatic carbocycles. The molecule has 15 heavy (non-hydrogen) atoms. The van der Waals surface area contributed by atoms with Crippen LogP contribution in [0.25, 0.3) is 0 Å². The van der Waals surface area contributed by atoms with Crippen molar-refractivity contribution in [3.05, 3.63) is 23.3 Å². The number of phenols is 1. The molecule has 0 unspecified atom stereocenters. The van der Waals surface area contributed by atoms with Crippen molar-refractivity contribution in [1.29, 1.82) is 5.26 Å². The van der Waals surface area contributed by atoms with Crippen LogP contribution >= 0.6 is 0 Å². The number of ether oxygens (including phenoxy) is 1. The Bertz CT molecular complexity index is 421. The summed E-state index contributed by atoms with van der Waals surface area (Å²) < 4.78 is 41.1. The van der Waals surface area contributed by atoms with E-state index in [2.05, 4.69) is 4.74 Å². The molecule has 6 heteroatoms. The molecule has 0 amide bonds. The highest BCUT2D eigenvalue weighted by Crippen LogP contribution is 2.37. The van der Waals surface area contributed by atoms with E-state index in [9.17, 15) is 18.3 Å². The van der Waals surface area contributed by atoms with Crippen LogP contribution in [0.3, 0.4) is 0 Å². The van der Waals surface area contributed by atoms with Gasteiger partial charge in [0.05, 0.1) is 5.56 Å².